The fourth-order valence-corrected chi connectivity index (χ4v) is 3.18. The fourth-order valence-electron chi connectivity index (χ4n) is 2.19. The number of anilines is 1. The smallest absolute Gasteiger partial charge is 0.167 e. The molecule has 3 rings (SSSR count). The van der Waals surface area contributed by atoms with Crippen molar-refractivity contribution in [3.8, 4) is 0 Å². The van der Waals surface area contributed by atoms with E-state index in [9.17, 15) is 4.79 Å². The Morgan fingerprint density at radius 2 is 1.68 bits per heavy atom. The molecule has 0 atom stereocenters. The van der Waals surface area contributed by atoms with E-state index in [0.717, 1.165) is 26.2 Å². The van der Waals surface area contributed by atoms with Gasteiger partial charge >= 0.3 is 0 Å². The zero-order valence-electron chi connectivity index (χ0n) is 10.3. The first kappa shape index (κ1) is 11.9. The summed E-state index contributed by atoms with van der Waals surface area (Å²) >= 11 is 1.54. The number of hydrogen-bond donors (Lipinski definition) is 1. The Morgan fingerprint density at radius 3 is 2.47 bits per heavy atom. The van der Waals surface area contributed by atoms with Gasteiger partial charge in [-0.15, -0.1) is 11.3 Å². The molecular formula is C16H13NOS. The van der Waals surface area contributed by atoms with E-state index in [1.165, 1.54) is 0 Å². The van der Waals surface area contributed by atoms with Crippen LogP contribution in [0.1, 0.15) is 15.9 Å². The lowest BCUT2D eigenvalue weighted by Gasteiger charge is -2.01. The molecule has 1 heterocycles. The molecule has 0 saturated carbocycles. The number of ketones is 1. The van der Waals surface area contributed by atoms with Crippen LogP contribution >= 0.6 is 11.3 Å². The molecule has 0 aliphatic heterocycles. The van der Waals surface area contributed by atoms with Gasteiger partial charge in [0.1, 0.15) is 0 Å². The summed E-state index contributed by atoms with van der Waals surface area (Å²) in [5.41, 5.74) is 7.73. The molecule has 0 fully saturated rings. The van der Waals surface area contributed by atoms with E-state index in [0.29, 0.717) is 6.42 Å². The molecule has 0 bridgehead atoms. The van der Waals surface area contributed by atoms with Crippen molar-refractivity contribution in [2.75, 3.05) is 5.73 Å². The minimum Gasteiger partial charge on any atom is -0.390 e. The van der Waals surface area contributed by atoms with E-state index in [4.69, 9.17) is 5.73 Å². The third kappa shape index (κ3) is 2.25. The highest BCUT2D eigenvalue weighted by molar-refractivity contribution is 7.22. The lowest BCUT2D eigenvalue weighted by Crippen LogP contribution is -2.04. The molecule has 0 aliphatic carbocycles. The predicted molar refractivity (Wildman–Crippen MR) is 80.7 cm³/mol. The first-order valence-electron chi connectivity index (χ1n) is 6.10. The number of fused-ring (bicyclic) bond motifs is 1. The summed E-state index contributed by atoms with van der Waals surface area (Å²) in [7, 11) is 0. The Balaban J connectivity index is 1.98. The SMILES string of the molecule is Nc1sc2ccccc2c1CC(=O)c1ccccc1. The zero-order chi connectivity index (χ0) is 13.2. The topological polar surface area (TPSA) is 43.1 Å². The highest BCUT2D eigenvalue weighted by Gasteiger charge is 2.14. The van der Waals surface area contributed by atoms with Crippen LogP contribution in [0.15, 0.2) is 54.6 Å². The molecule has 0 radical (unpaired) electrons. The maximum atomic E-state index is 12.3. The van der Waals surface area contributed by atoms with E-state index in [1.807, 2.05) is 54.6 Å². The molecule has 19 heavy (non-hydrogen) atoms. The number of carbonyl (C=O) groups excluding carboxylic acids is 1. The predicted octanol–water partition coefficient (Wildman–Crippen LogP) is 3.91. The van der Waals surface area contributed by atoms with Gasteiger partial charge in [-0.1, -0.05) is 48.5 Å². The molecule has 0 aliphatic rings. The van der Waals surface area contributed by atoms with Gasteiger partial charge in [-0.25, -0.2) is 0 Å². The summed E-state index contributed by atoms with van der Waals surface area (Å²) in [5.74, 6) is 0.107. The summed E-state index contributed by atoms with van der Waals surface area (Å²) < 4.78 is 1.14. The van der Waals surface area contributed by atoms with Gasteiger partial charge in [0.15, 0.2) is 5.78 Å². The fraction of sp³-hybridized carbons (Fsp3) is 0.0625. The molecule has 94 valence electrons. The minimum absolute atomic E-state index is 0.107. The second kappa shape index (κ2) is 4.86. The van der Waals surface area contributed by atoms with Crippen LogP contribution in [0.3, 0.4) is 0 Å². The van der Waals surface area contributed by atoms with E-state index in [-0.39, 0.29) is 5.78 Å². The Kier molecular flexibility index (Phi) is 3.05. The third-order valence-electron chi connectivity index (χ3n) is 3.16. The Labute approximate surface area is 115 Å². The number of benzene rings is 2. The number of carbonyl (C=O) groups is 1. The van der Waals surface area contributed by atoms with Gasteiger partial charge in [0.25, 0.3) is 0 Å². The van der Waals surface area contributed by atoms with Gasteiger partial charge in [-0.3, -0.25) is 4.79 Å². The lowest BCUT2D eigenvalue weighted by atomic mass is 10.0. The second-order valence-corrected chi connectivity index (χ2v) is 5.49. The first-order chi connectivity index (χ1) is 9.25. The van der Waals surface area contributed by atoms with Crippen molar-refractivity contribution in [1.82, 2.24) is 0 Å². The normalized spacial score (nSPS) is 10.7. The van der Waals surface area contributed by atoms with Crippen LogP contribution in [0.4, 0.5) is 5.00 Å². The van der Waals surface area contributed by atoms with Crippen LogP contribution in [-0.2, 0) is 6.42 Å². The molecule has 2 nitrogen and oxygen atoms in total. The van der Waals surface area contributed by atoms with Crippen molar-refractivity contribution >= 4 is 32.2 Å². The average Bonchev–Trinajstić information content (AvgIpc) is 2.76. The molecule has 0 spiro atoms. The number of rotatable bonds is 3. The van der Waals surface area contributed by atoms with E-state index < -0.39 is 0 Å². The first-order valence-corrected chi connectivity index (χ1v) is 6.91. The summed E-state index contributed by atoms with van der Waals surface area (Å²) in [6.07, 6.45) is 0.361. The van der Waals surface area contributed by atoms with E-state index in [1.54, 1.807) is 11.3 Å². The van der Waals surface area contributed by atoms with Crippen molar-refractivity contribution in [2.45, 2.75) is 6.42 Å². The summed E-state index contributed by atoms with van der Waals surface area (Å²) in [6.45, 7) is 0. The van der Waals surface area contributed by atoms with Crippen molar-refractivity contribution in [3.63, 3.8) is 0 Å². The molecule has 1 aromatic heterocycles. The summed E-state index contributed by atoms with van der Waals surface area (Å²) in [5, 5.41) is 1.83. The van der Waals surface area contributed by atoms with Crippen LogP contribution in [0.2, 0.25) is 0 Å². The van der Waals surface area contributed by atoms with E-state index >= 15 is 0 Å². The van der Waals surface area contributed by atoms with Crippen LogP contribution in [0.5, 0.6) is 0 Å². The maximum absolute atomic E-state index is 12.3. The number of thiophene rings is 1. The van der Waals surface area contributed by atoms with Gasteiger partial charge in [-0.05, 0) is 11.5 Å². The standard InChI is InChI=1S/C16H13NOS/c17-16-13(12-8-4-5-9-15(12)19-16)10-14(18)11-6-2-1-3-7-11/h1-9H,10,17H2. The van der Waals surface area contributed by atoms with Gasteiger partial charge in [0.05, 0.1) is 5.00 Å². The highest BCUT2D eigenvalue weighted by atomic mass is 32.1. The number of Topliss-reactive ketones (excluding diaryl/α,β-unsaturated/α-hetero) is 1. The number of nitrogen functional groups attached to an aromatic ring is 1. The van der Waals surface area contributed by atoms with Gasteiger partial charge in [0.2, 0.25) is 0 Å². The molecule has 3 heteroatoms. The molecule has 3 aromatic rings. The second-order valence-electron chi connectivity index (χ2n) is 4.41. The van der Waals surface area contributed by atoms with Crippen molar-refractivity contribution in [3.05, 3.63) is 65.7 Å². The number of hydrogen-bond acceptors (Lipinski definition) is 3. The highest BCUT2D eigenvalue weighted by Crippen LogP contribution is 2.34. The van der Waals surface area contributed by atoms with Crippen LogP contribution in [0.25, 0.3) is 10.1 Å². The molecule has 2 N–H and O–H groups in total. The minimum atomic E-state index is 0.107. The molecule has 0 amide bonds. The van der Waals surface area contributed by atoms with Gasteiger partial charge in [-0.2, -0.15) is 0 Å². The average molecular weight is 267 g/mol. The Morgan fingerprint density at radius 1 is 1.00 bits per heavy atom. The molecule has 0 unspecified atom stereocenters. The van der Waals surface area contributed by atoms with Gasteiger partial charge in [0, 0.05) is 22.2 Å². The van der Waals surface area contributed by atoms with Gasteiger partial charge < -0.3 is 5.73 Å². The lowest BCUT2D eigenvalue weighted by molar-refractivity contribution is 0.0993. The third-order valence-corrected chi connectivity index (χ3v) is 4.20. The van der Waals surface area contributed by atoms with Crippen molar-refractivity contribution in [2.24, 2.45) is 0 Å². The van der Waals surface area contributed by atoms with Crippen molar-refractivity contribution < 1.29 is 4.79 Å². The van der Waals surface area contributed by atoms with Crippen LogP contribution < -0.4 is 5.73 Å². The van der Waals surface area contributed by atoms with Crippen molar-refractivity contribution in [1.29, 1.82) is 0 Å². The number of nitrogens with two attached hydrogens (primary N) is 1. The molecular weight excluding hydrogens is 254 g/mol. The monoisotopic (exact) mass is 267 g/mol. The quantitative estimate of drug-likeness (QED) is 0.731. The van der Waals surface area contributed by atoms with E-state index in [2.05, 4.69) is 0 Å². The largest absolute Gasteiger partial charge is 0.390 e. The molecule has 2 aromatic carbocycles. The Hall–Kier alpha value is -2.13. The van der Waals surface area contributed by atoms with Crippen LogP contribution in [0, 0.1) is 0 Å². The summed E-state index contributed by atoms with van der Waals surface area (Å²) in [6, 6.07) is 17.4. The maximum Gasteiger partial charge on any atom is 0.167 e. The van der Waals surface area contributed by atoms with Crippen LogP contribution in [-0.4, -0.2) is 5.78 Å². The summed E-state index contributed by atoms with van der Waals surface area (Å²) in [4.78, 5) is 12.3. The zero-order valence-corrected chi connectivity index (χ0v) is 11.1. The molecule has 0 saturated heterocycles. The Bertz CT molecular complexity index is 731.